The number of nitrogens with zero attached hydrogens (tertiary/aromatic N) is 2. The van der Waals surface area contributed by atoms with Crippen LogP contribution in [0.4, 0.5) is 5.69 Å². The van der Waals surface area contributed by atoms with E-state index in [0.717, 1.165) is 19.3 Å². The van der Waals surface area contributed by atoms with Crippen LogP contribution in [0, 0.1) is 0 Å². The molecule has 0 bridgehead atoms. The zero-order valence-corrected chi connectivity index (χ0v) is 15.9. The van der Waals surface area contributed by atoms with Gasteiger partial charge in [0, 0.05) is 29.3 Å². The molecule has 0 aromatic heterocycles. The second-order valence-corrected chi connectivity index (χ2v) is 7.20. The van der Waals surface area contributed by atoms with Crippen molar-refractivity contribution in [3.8, 4) is 0 Å². The molecule has 1 aliphatic rings. The highest BCUT2D eigenvalue weighted by Crippen LogP contribution is 2.21. The number of primary amides is 1. The topological polar surface area (TPSA) is 123 Å². The Kier molecular flexibility index (Phi) is 7.02. The molecule has 0 spiro atoms. The van der Waals surface area contributed by atoms with Gasteiger partial charge in [0.2, 0.25) is 0 Å². The van der Waals surface area contributed by atoms with Gasteiger partial charge in [-0.25, -0.2) is 4.99 Å². The monoisotopic (exact) mass is 378 g/mol. The highest BCUT2D eigenvalue weighted by atomic mass is 35.5. The minimum absolute atomic E-state index is 0.0176. The second kappa shape index (κ2) is 9.02. The van der Waals surface area contributed by atoms with E-state index in [1.165, 1.54) is 6.20 Å². The third kappa shape index (κ3) is 5.45. The third-order valence-electron chi connectivity index (χ3n) is 4.66. The molecule has 1 aliphatic carbocycles. The number of halogens is 1. The Morgan fingerprint density at radius 2 is 1.92 bits per heavy atom. The Hall–Kier alpha value is -2.09. The van der Waals surface area contributed by atoms with E-state index in [4.69, 9.17) is 28.8 Å². The molecule has 1 aromatic carbocycles. The predicted molar refractivity (Wildman–Crippen MR) is 106 cm³/mol. The molecule has 2 rings (SSSR count). The van der Waals surface area contributed by atoms with E-state index in [1.54, 1.807) is 24.3 Å². The minimum Gasteiger partial charge on any atom is -0.386 e. The van der Waals surface area contributed by atoms with Crippen molar-refractivity contribution in [3.63, 3.8) is 0 Å². The molecule has 0 unspecified atom stereocenters. The smallest absolute Gasteiger partial charge is 0.253 e. The van der Waals surface area contributed by atoms with E-state index in [1.807, 2.05) is 0 Å². The molecule has 1 amide bonds. The van der Waals surface area contributed by atoms with Crippen LogP contribution in [0.5, 0.6) is 0 Å². The first-order chi connectivity index (χ1) is 12.3. The number of hydrogen-bond acceptors (Lipinski definition) is 5. The summed E-state index contributed by atoms with van der Waals surface area (Å²) in [5.74, 6) is -0.605. The van der Waals surface area contributed by atoms with Crippen molar-refractivity contribution >= 4 is 29.0 Å². The Labute approximate surface area is 159 Å². The number of carbonyl (C=O) groups is 1. The molecule has 1 saturated carbocycles. The van der Waals surface area contributed by atoms with Gasteiger partial charge in [-0.3, -0.25) is 4.79 Å². The summed E-state index contributed by atoms with van der Waals surface area (Å²) in [6.07, 6.45) is 4.35. The van der Waals surface area contributed by atoms with Crippen molar-refractivity contribution in [1.82, 2.24) is 10.2 Å². The molecule has 7 nitrogen and oxygen atoms in total. The lowest BCUT2D eigenvalue weighted by Gasteiger charge is -2.37. The first-order valence-corrected chi connectivity index (χ1v) is 8.94. The number of nitrogens with one attached hydrogen (secondary N) is 1. The number of aliphatic imine (C=N–C) groups is 1. The molecule has 7 N–H and O–H groups in total. The fourth-order valence-electron chi connectivity index (χ4n) is 3.03. The largest absolute Gasteiger partial charge is 0.386 e. The van der Waals surface area contributed by atoms with Gasteiger partial charge in [0.15, 0.2) is 0 Å². The number of hydrogen-bond donors (Lipinski definition) is 4. The number of nitrogens with two attached hydrogens (primary N) is 3. The van der Waals surface area contributed by atoms with Crippen LogP contribution in [0.25, 0.3) is 0 Å². The predicted octanol–water partition coefficient (Wildman–Crippen LogP) is 1.10. The first kappa shape index (κ1) is 20.2. The van der Waals surface area contributed by atoms with Crippen molar-refractivity contribution < 1.29 is 4.79 Å². The summed E-state index contributed by atoms with van der Waals surface area (Å²) in [7, 11) is 4.12. The number of amidine groups is 1. The third-order valence-corrected chi connectivity index (χ3v) is 4.91. The first-order valence-electron chi connectivity index (χ1n) is 8.56. The Balaban J connectivity index is 2.09. The molecule has 8 heteroatoms. The average Bonchev–Trinajstić information content (AvgIpc) is 2.58. The molecule has 1 fully saturated rings. The van der Waals surface area contributed by atoms with E-state index in [0.29, 0.717) is 16.8 Å². The lowest BCUT2D eigenvalue weighted by molar-refractivity contribution is -0.114. The molecule has 3 atom stereocenters. The van der Waals surface area contributed by atoms with Gasteiger partial charge in [-0.1, -0.05) is 11.6 Å². The number of benzene rings is 1. The number of amides is 1. The molecule has 0 heterocycles. The van der Waals surface area contributed by atoms with Gasteiger partial charge in [0.1, 0.15) is 5.84 Å². The van der Waals surface area contributed by atoms with Gasteiger partial charge in [-0.2, -0.15) is 0 Å². The summed E-state index contributed by atoms with van der Waals surface area (Å²) < 4.78 is 0. The van der Waals surface area contributed by atoms with E-state index in [9.17, 15) is 4.79 Å². The lowest BCUT2D eigenvalue weighted by atomic mass is 9.86. The normalized spacial score (nSPS) is 24.6. The van der Waals surface area contributed by atoms with Crippen molar-refractivity contribution in [1.29, 1.82) is 0 Å². The summed E-state index contributed by atoms with van der Waals surface area (Å²) in [5, 5.41) is 3.79. The molecular formula is C18H27ClN6O. The SMILES string of the molecule is CN(C)[C@@H]1CC[C@H](N/C=C(/C(N)=O)C(N)=Nc2ccc(Cl)cc2)[C@@H](N)C1. The highest BCUT2D eigenvalue weighted by molar-refractivity contribution is 6.30. The van der Waals surface area contributed by atoms with Gasteiger partial charge in [0.25, 0.3) is 5.91 Å². The number of rotatable bonds is 6. The molecule has 1 aromatic rings. The Morgan fingerprint density at radius 1 is 1.27 bits per heavy atom. The van der Waals surface area contributed by atoms with E-state index in [-0.39, 0.29) is 23.5 Å². The van der Waals surface area contributed by atoms with Crippen molar-refractivity contribution in [2.24, 2.45) is 22.2 Å². The number of carbonyl (C=O) groups excluding carboxylic acids is 1. The van der Waals surface area contributed by atoms with Crippen molar-refractivity contribution in [2.75, 3.05) is 14.1 Å². The van der Waals surface area contributed by atoms with Crippen LogP contribution in [0.2, 0.25) is 5.02 Å². The summed E-state index contributed by atoms with van der Waals surface area (Å²) >= 11 is 5.85. The van der Waals surface area contributed by atoms with Crippen LogP contribution in [-0.2, 0) is 4.79 Å². The van der Waals surface area contributed by atoms with Crippen LogP contribution >= 0.6 is 11.6 Å². The summed E-state index contributed by atoms with van der Waals surface area (Å²) in [5.41, 5.74) is 18.4. The zero-order valence-electron chi connectivity index (χ0n) is 15.2. The van der Waals surface area contributed by atoms with Crippen LogP contribution in [0.3, 0.4) is 0 Å². The van der Waals surface area contributed by atoms with Crippen LogP contribution < -0.4 is 22.5 Å². The summed E-state index contributed by atoms with van der Waals surface area (Å²) in [6.45, 7) is 0. The molecule has 0 saturated heterocycles. The average molecular weight is 379 g/mol. The molecule has 26 heavy (non-hydrogen) atoms. The maximum atomic E-state index is 11.8. The summed E-state index contributed by atoms with van der Waals surface area (Å²) in [6, 6.07) is 7.32. The fraction of sp³-hybridized carbons (Fsp3) is 0.444. The molecular weight excluding hydrogens is 352 g/mol. The molecule has 142 valence electrons. The van der Waals surface area contributed by atoms with Gasteiger partial charge in [-0.15, -0.1) is 0 Å². The molecule has 0 radical (unpaired) electrons. The fourth-order valence-corrected chi connectivity index (χ4v) is 3.16. The lowest BCUT2D eigenvalue weighted by Crippen LogP contribution is -2.51. The van der Waals surface area contributed by atoms with Crippen LogP contribution in [0.1, 0.15) is 19.3 Å². The van der Waals surface area contributed by atoms with E-state index in [2.05, 4.69) is 29.3 Å². The van der Waals surface area contributed by atoms with Crippen molar-refractivity contribution in [3.05, 3.63) is 41.1 Å². The highest BCUT2D eigenvalue weighted by Gasteiger charge is 2.28. The van der Waals surface area contributed by atoms with Gasteiger partial charge >= 0.3 is 0 Å². The van der Waals surface area contributed by atoms with Crippen LogP contribution in [-0.4, -0.2) is 48.9 Å². The van der Waals surface area contributed by atoms with Gasteiger partial charge in [0.05, 0.1) is 11.3 Å². The minimum atomic E-state index is -0.650. The summed E-state index contributed by atoms with van der Waals surface area (Å²) in [4.78, 5) is 18.2. The maximum absolute atomic E-state index is 11.8. The Bertz CT molecular complexity index is 685. The van der Waals surface area contributed by atoms with Gasteiger partial charge < -0.3 is 27.4 Å². The standard InChI is InChI=1S/C18H27ClN6O/c1-25(2)13-7-8-16(15(20)9-13)23-10-14(18(22)26)17(21)24-12-5-3-11(19)4-6-12/h3-6,10,13,15-16,23H,7-9,20H2,1-2H3,(H2,21,24)(H2,22,26)/b14-10+/t13-,15+,16+/m1/s1. The zero-order chi connectivity index (χ0) is 19.3. The van der Waals surface area contributed by atoms with Crippen molar-refractivity contribution in [2.45, 2.75) is 37.4 Å². The second-order valence-electron chi connectivity index (χ2n) is 6.76. The maximum Gasteiger partial charge on any atom is 0.253 e. The molecule has 0 aliphatic heterocycles. The Morgan fingerprint density at radius 3 is 2.46 bits per heavy atom. The van der Waals surface area contributed by atoms with Gasteiger partial charge in [-0.05, 0) is 57.6 Å². The quantitative estimate of drug-likeness (QED) is 0.335. The van der Waals surface area contributed by atoms with E-state index >= 15 is 0 Å². The van der Waals surface area contributed by atoms with Crippen LogP contribution in [0.15, 0.2) is 41.0 Å². The van der Waals surface area contributed by atoms with E-state index < -0.39 is 5.91 Å².